The summed E-state index contributed by atoms with van der Waals surface area (Å²) in [5.74, 6) is 2.42. The largest absolute Gasteiger partial charge is 0.493 e. The normalized spacial score (nSPS) is 19.0. The molecule has 0 bridgehead atoms. The van der Waals surface area contributed by atoms with Crippen molar-refractivity contribution in [3.05, 3.63) is 59.7 Å². The fraction of sp³-hybridized carbons (Fsp3) is 0.429. The molecule has 4 rings (SSSR count). The van der Waals surface area contributed by atoms with Crippen LogP contribution in [0.3, 0.4) is 0 Å². The van der Waals surface area contributed by atoms with E-state index in [4.69, 9.17) is 10.5 Å². The molecule has 1 aliphatic heterocycles. The fourth-order valence-corrected chi connectivity index (χ4v) is 3.22. The number of hydrogen-bond donors (Lipinski definition) is 1. The van der Waals surface area contributed by atoms with Gasteiger partial charge in [-0.3, -0.25) is 0 Å². The molecule has 1 unspecified atom stereocenters. The zero-order valence-corrected chi connectivity index (χ0v) is 14.3. The first-order chi connectivity index (χ1) is 11.7. The van der Waals surface area contributed by atoms with Crippen molar-refractivity contribution < 1.29 is 4.74 Å². The van der Waals surface area contributed by atoms with E-state index in [1.54, 1.807) is 0 Å². The van der Waals surface area contributed by atoms with Crippen LogP contribution < -0.4 is 15.4 Å². The molecular formula is C21H26N2O. The molecule has 0 amide bonds. The summed E-state index contributed by atoms with van der Waals surface area (Å²) in [6.07, 6.45) is 2.66. The highest BCUT2D eigenvalue weighted by Gasteiger charge is 2.28. The summed E-state index contributed by atoms with van der Waals surface area (Å²) in [4.78, 5) is 2.43. The van der Waals surface area contributed by atoms with Crippen LogP contribution in [0.1, 0.15) is 42.9 Å². The Labute approximate surface area is 144 Å². The van der Waals surface area contributed by atoms with Crippen LogP contribution in [0.2, 0.25) is 0 Å². The molecule has 0 aromatic heterocycles. The molecule has 24 heavy (non-hydrogen) atoms. The summed E-state index contributed by atoms with van der Waals surface area (Å²) in [6.45, 7) is 5.07. The standard InChI is InChI=1S/C21H26N2O/c1-15(22)17-4-6-18(7-5-17)19-12-23(13-19)20-8-10-21(11-9-20)24-14-16-2-3-16/h4-11,15-16,19H,2-3,12-14,22H2,1H3. The minimum absolute atomic E-state index is 0.109. The van der Waals surface area contributed by atoms with Crippen LogP contribution in [0.15, 0.2) is 48.5 Å². The highest BCUT2D eigenvalue weighted by Crippen LogP contribution is 2.33. The minimum atomic E-state index is 0.109. The molecule has 1 saturated carbocycles. The van der Waals surface area contributed by atoms with E-state index < -0.39 is 0 Å². The Bertz CT molecular complexity index is 668. The summed E-state index contributed by atoms with van der Waals surface area (Å²) in [6, 6.07) is 17.5. The van der Waals surface area contributed by atoms with Gasteiger partial charge >= 0.3 is 0 Å². The molecule has 2 aliphatic rings. The van der Waals surface area contributed by atoms with Crippen molar-refractivity contribution in [3.8, 4) is 5.75 Å². The van der Waals surface area contributed by atoms with Gasteiger partial charge in [0.15, 0.2) is 0 Å². The summed E-state index contributed by atoms with van der Waals surface area (Å²) in [5, 5.41) is 0. The minimum Gasteiger partial charge on any atom is -0.493 e. The second kappa shape index (κ2) is 6.48. The molecule has 1 atom stereocenters. The Kier molecular flexibility index (Phi) is 4.19. The zero-order valence-electron chi connectivity index (χ0n) is 14.3. The van der Waals surface area contributed by atoms with E-state index >= 15 is 0 Å². The van der Waals surface area contributed by atoms with Crippen molar-refractivity contribution in [1.29, 1.82) is 0 Å². The molecule has 2 aromatic carbocycles. The molecule has 2 fully saturated rings. The molecule has 3 nitrogen and oxygen atoms in total. The molecule has 1 aliphatic carbocycles. The van der Waals surface area contributed by atoms with Gasteiger partial charge in [-0.05, 0) is 61.1 Å². The van der Waals surface area contributed by atoms with Crippen molar-refractivity contribution in [3.63, 3.8) is 0 Å². The first kappa shape index (κ1) is 15.5. The van der Waals surface area contributed by atoms with E-state index in [9.17, 15) is 0 Å². The van der Waals surface area contributed by atoms with Crippen LogP contribution in [0.5, 0.6) is 5.75 Å². The van der Waals surface area contributed by atoms with E-state index in [1.807, 2.05) is 6.92 Å². The maximum Gasteiger partial charge on any atom is 0.119 e. The van der Waals surface area contributed by atoms with Gasteiger partial charge in [-0.2, -0.15) is 0 Å². The van der Waals surface area contributed by atoms with Gasteiger partial charge < -0.3 is 15.4 Å². The van der Waals surface area contributed by atoms with Crippen LogP contribution in [-0.2, 0) is 0 Å². The van der Waals surface area contributed by atoms with Gasteiger partial charge in [0, 0.05) is 30.7 Å². The summed E-state index contributed by atoms with van der Waals surface area (Å²) >= 11 is 0. The van der Waals surface area contributed by atoms with Gasteiger partial charge in [0.25, 0.3) is 0 Å². The first-order valence-corrected chi connectivity index (χ1v) is 9.02. The second-order valence-corrected chi connectivity index (χ2v) is 7.31. The van der Waals surface area contributed by atoms with Gasteiger partial charge in [-0.15, -0.1) is 0 Å². The van der Waals surface area contributed by atoms with E-state index in [-0.39, 0.29) is 6.04 Å². The van der Waals surface area contributed by atoms with E-state index in [0.717, 1.165) is 31.4 Å². The highest BCUT2D eigenvalue weighted by atomic mass is 16.5. The lowest BCUT2D eigenvalue weighted by atomic mass is 9.90. The molecule has 126 valence electrons. The predicted octanol–water partition coefficient (Wildman–Crippen LogP) is 4.10. The van der Waals surface area contributed by atoms with Crippen molar-refractivity contribution in [1.82, 2.24) is 0 Å². The molecule has 2 N–H and O–H groups in total. The fourth-order valence-electron chi connectivity index (χ4n) is 3.22. The molecule has 2 aromatic rings. The van der Waals surface area contributed by atoms with Gasteiger partial charge in [-0.25, -0.2) is 0 Å². The summed E-state index contributed by atoms with van der Waals surface area (Å²) in [5.41, 5.74) is 9.83. The van der Waals surface area contributed by atoms with Crippen molar-refractivity contribution >= 4 is 5.69 Å². The predicted molar refractivity (Wildman–Crippen MR) is 98.7 cm³/mol. The SMILES string of the molecule is CC(N)c1ccc(C2CN(c3ccc(OCC4CC4)cc3)C2)cc1. The van der Waals surface area contributed by atoms with E-state index in [1.165, 1.54) is 29.7 Å². The number of anilines is 1. The Hall–Kier alpha value is -2.00. The number of nitrogens with zero attached hydrogens (tertiary/aromatic N) is 1. The van der Waals surface area contributed by atoms with Crippen LogP contribution in [0.4, 0.5) is 5.69 Å². The Balaban J connectivity index is 1.31. The Morgan fingerprint density at radius 3 is 2.29 bits per heavy atom. The first-order valence-electron chi connectivity index (χ1n) is 9.02. The number of benzene rings is 2. The number of ether oxygens (including phenoxy) is 1. The maximum atomic E-state index is 5.92. The third-order valence-corrected chi connectivity index (χ3v) is 5.20. The second-order valence-electron chi connectivity index (χ2n) is 7.31. The van der Waals surface area contributed by atoms with Crippen molar-refractivity contribution in [2.45, 2.75) is 31.7 Å². The average Bonchev–Trinajstić information content (AvgIpc) is 3.37. The molecule has 0 radical (unpaired) electrons. The topological polar surface area (TPSA) is 38.5 Å². The number of hydrogen-bond acceptors (Lipinski definition) is 3. The van der Waals surface area contributed by atoms with Gasteiger partial charge in [0.1, 0.15) is 5.75 Å². The third-order valence-electron chi connectivity index (χ3n) is 5.20. The summed E-state index contributed by atoms with van der Waals surface area (Å²) < 4.78 is 5.81. The lowest BCUT2D eigenvalue weighted by Crippen LogP contribution is -2.45. The lowest BCUT2D eigenvalue weighted by molar-refractivity contribution is 0.300. The van der Waals surface area contributed by atoms with Crippen molar-refractivity contribution in [2.24, 2.45) is 11.7 Å². The van der Waals surface area contributed by atoms with Crippen LogP contribution >= 0.6 is 0 Å². The van der Waals surface area contributed by atoms with Gasteiger partial charge in [0.05, 0.1) is 6.61 Å². The molecule has 0 spiro atoms. The van der Waals surface area contributed by atoms with Crippen LogP contribution in [0, 0.1) is 5.92 Å². The Morgan fingerprint density at radius 1 is 1.04 bits per heavy atom. The number of nitrogens with two attached hydrogens (primary N) is 1. The van der Waals surface area contributed by atoms with Crippen LogP contribution in [0.25, 0.3) is 0 Å². The monoisotopic (exact) mass is 322 g/mol. The quantitative estimate of drug-likeness (QED) is 0.870. The van der Waals surface area contributed by atoms with Gasteiger partial charge in [0.2, 0.25) is 0 Å². The summed E-state index contributed by atoms with van der Waals surface area (Å²) in [7, 11) is 0. The zero-order chi connectivity index (χ0) is 16.5. The lowest BCUT2D eigenvalue weighted by Gasteiger charge is -2.41. The van der Waals surface area contributed by atoms with Crippen LogP contribution in [-0.4, -0.2) is 19.7 Å². The number of rotatable bonds is 6. The van der Waals surface area contributed by atoms with Crippen molar-refractivity contribution in [2.75, 3.05) is 24.6 Å². The maximum absolute atomic E-state index is 5.92. The molecule has 1 heterocycles. The van der Waals surface area contributed by atoms with E-state index in [0.29, 0.717) is 5.92 Å². The molecule has 1 saturated heterocycles. The smallest absolute Gasteiger partial charge is 0.119 e. The van der Waals surface area contributed by atoms with Gasteiger partial charge in [-0.1, -0.05) is 24.3 Å². The average molecular weight is 322 g/mol. The molecular weight excluding hydrogens is 296 g/mol. The van der Waals surface area contributed by atoms with E-state index in [2.05, 4.69) is 53.4 Å². The third kappa shape index (κ3) is 3.41. The highest BCUT2D eigenvalue weighted by molar-refractivity contribution is 5.53. The Morgan fingerprint density at radius 2 is 1.71 bits per heavy atom. The molecule has 3 heteroatoms.